The highest BCUT2D eigenvalue weighted by Crippen LogP contribution is 2.51. The van der Waals surface area contributed by atoms with Gasteiger partial charge in [-0.3, -0.25) is 9.98 Å². The molecule has 0 radical (unpaired) electrons. The van der Waals surface area contributed by atoms with Crippen LogP contribution < -0.4 is 9.47 Å². The molecule has 2 aromatic rings. The number of hydrogen-bond acceptors (Lipinski definition) is 6. The van der Waals surface area contributed by atoms with Crippen LogP contribution in [0.3, 0.4) is 0 Å². The van der Waals surface area contributed by atoms with E-state index in [0.717, 1.165) is 44.6 Å². The van der Waals surface area contributed by atoms with Gasteiger partial charge in [0.1, 0.15) is 6.04 Å². The minimum absolute atomic E-state index is 0.0501. The maximum atomic E-state index is 5.96. The maximum absolute atomic E-state index is 5.96. The molecular weight excluding hydrogens is 450 g/mol. The van der Waals surface area contributed by atoms with Gasteiger partial charge in [0, 0.05) is 22.5 Å². The molecule has 1 aromatic heterocycles. The second-order valence-corrected chi connectivity index (χ2v) is 9.37. The Hall–Kier alpha value is -1.73. The van der Waals surface area contributed by atoms with Crippen molar-refractivity contribution in [3.05, 3.63) is 52.3 Å². The Morgan fingerprint density at radius 1 is 1.28 bits per heavy atom. The van der Waals surface area contributed by atoms with Crippen LogP contribution in [0.5, 0.6) is 11.5 Å². The average Bonchev–Trinajstić information content (AvgIpc) is 3.28. The van der Waals surface area contributed by atoms with Gasteiger partial charge in [-0.25, -0.2) is 0 Å². The summed E-state index contributed by atoms with van der Waals surface area (Å²) in [7, 11) is 1.69. The second kappa shape index (κ2) is 8.56. The molecule has 1 saturated heterocycles. The number of ether oxygens (including phenoxy) is 2. The van der Waals surface area contributed by atoms with Crippen LogP contribution in [0.1, 0.15) is 50.5 Å². The van der Waals surface area contributed by atoms with Gasteiger partial charge in [-0.05, 0) is 50.1 Å². The van der Waals surface area contributed by atoms with Crippen molar-refractivity contribution < 1.29 is 9.47 Å². The van der Waals surface area contributed by atoms with E-state index in [9.17, 15) is 0 Å². The second-order valence-electron chi connectivity index (χ2n) is 7.53. The zero-order valence-electron chi connectivity index (χ0n) is 17.1. The van der Waals surface area contributed by atoms with Crippen LogP contribution in [-0.4, -0.2) is 40.1 Å². The summed E-state index contributed by atoms with van der Waals surface area (Å²) in [4.78, 5) is 12.2. The lowest BCUT2D eigenvalue weighted by atomic mass is 9.95. The van der Waals surface area contributed by atoms with Crippen LogP contribution in [0.15, 0.2) is 46.0 Å². The van der Waals surface area contributed by atoms with Gasteiger partial charge in [0.05, 0.1) is 24.9 Å². The van der Waals surface area contributed by atoms with Crippen molar-refractivity contribution >= 4 is 32.9 Å². The molecule has 4 rings (SSSR count). The van der Waals surface area contributed by atoms with E-state index >= 15 is 0 Å². The predicted molar refractivity (Wildman–Crippen MR) is 122 cm³/mol. The van der Waals surface area contributed by atoms with Crippen LogP contribution in [0, 0.1) is 0 Å². The Labute approximate surface area is 185 Å². The molecule has 0 unspecified atom stereocenters. The topological polar surface area (TPSA) is 47.0 Å². The van der Waals surface area contributed by atoms with Crippen molar-refractivity contribution in [2.45, 2.75) is 51.4 Å². The molecule has 0 saturated carbocycles. The Morgan fingerprint density at radius 2 is 2.10 bits per heavy atom. The Kier molecular flexibility index (Phi) is 6.06. The van der Waals surface area contributed by atoms with Gasteiger partial charge >= 0.3 is 0 Å². The molecule has 0 spiro atoms. The zero-order valence-corrected chi connectivity index (χ0v) is 19.5. The molecule has 5 nitrogen and oxygen atoms in total. The number of hydrogen-bond donors (Lipinski definition) is 0. The summed E-state index contributed by atoms with van der Waals surface area (Å²) in [5, 5.41) is 1.12. The highest BCUT2D eigenvalue weighted by molar-refractivity contribution is 9.10. The lowest BCUT2D eigenvalue weighted by Crippen LogP contribution is -2.35. The fraction of sp³-hybridized carbons (Fsp3) is 0.455. The molecule has 154 valence electrons. The van der Waals surface area contributed by atoms with Gasteiger partial charge in [0.15, 0.2) is 16.7 Å². The molecule has 7 heteroatoms. The van der Waals surface area contributed by atoms with Crippen molar-refractivity contribution in [1.82, 2.24) is 9.88 Å². The lowest BCUT2D eigenvalue weighted by molar-refractivity contribution is 0.228. The summed E-state index contributed by atoms with van der Waals surface area (Å²) in [5.74, 6) is 2.56. The number of nitrogens with zero attached hydrogens (tertiary/aromatic N) is 3. The first kappa shape index (κ1) is 20.5. The van der Waals surface area contributed by atoms with Crippen molar-refractivity contribution in [3.63, 3.8) is 0 Å². The highest BCUT2D eigenvalue weighted by Gasteiger charge is 2.46. The largest absolute Gasteiger partial charge is 0.493 e. The molecule has 3 atom stereocenters. The van der Waals surface area contributed by atoms with Crippen LogP contribution >= 0.6 is 27.7 Å². The van der Waals surface area contributed by atoms with E-state index in [0.29, 0.717) is 6.04 Å². The number of amidine groups is 1. The minimum Gasteiger partial charge on any atom is -0.493 e. The van der Waals surface area contributed by atoms with E-state index in [-0.39, 0.29) is 18.2 Å². The predicted octanol–water partition coefficient (Wildman–Crippen LogP) is 5.62. The molecule has 2 aliphatic heterocycles. The number of methoxy groups -OCH3 is 1. The third kappa shape index (κ3) is 3.87. The molecule has 29 heavy (non-hydrogen) atoms. The quantitative estimate of drug-likeness (QED) is 0.542. The number of rotatable bonds is 6. The minimum atomic E-state index is -0.0501. The van der Waals surface area contributed by atoms with Crippen LogP contribution in [0.2, 0.25) is 0 Å². The van der Waals surface area contributed by atoms with E-state index in [1.165, 1.54) is 0 Å². The Morgan fingerprint density at radius 3 is 2.76 bits per heavy atom. The Bertz CT molecular complexity index is 906. The number of fused-ring (bicyclic) bond motifs is 1. The summed E-state index contributed by atoms with van der Waals surface area (Å²) in [6.45, 7) is 6.28. The monoisotopic (exact) mass is 475 g/mol. The van der Waals surface area contributed by atoms with Gasteiger partial charge in [-0.15, -0.1) is 0 Å². The van der Waals surface area contributed by atoms with E-state index in [1.807, 2.05) is 50.0 Å². The molecule has 2 aliphatic rings. The third-order valence-electron chi connectivity index (χ3n) is 5.29. The van der Waals surface area contributed by atoms with Gasteiger partial charge in [-0.2, -0.15) is 0 Å². The molecule has 3 heterocycles. The molecule has 1 fully saturated rings. The standard InChI is InChI=1S/C22H26BrN3O2S/c1-5-14-12-29-22-25-20(17-8-6-7-9-24-17)21(26(14)22)15-10-18(27-4)19(11-16(15)23)28-13(2)3/h6-11,13-14,20-21H,5,12H2,1-4H3/t14-,20+,21+/m1/s1. The number of benzene rings is 1. The number of aliphatic imine (C=N–C) groups is 1. The van der Waals surface area contributed by atoms with Crippen LogP contribution in [-0.2, 0) is 0 Å². The molecule has 1 aromatic carbocycles. The smallest absolute Gasteiger partial charge is 0.162 e. The first-order valence-electron chi connectivity index (χ1n) is 9.97. The normalized spacial score (nSPS) is 23.3. The summed E-state index contributed by atoms with van der Waals surface area (Å²) < 4.78 is 12.6. The fourth-order valence-corrected chi connectivity index (χ4v) is 5.86. The average molecular weight is 476 g/mol. The molecular formula is C22H26BrN3O2S. The summed E-state index contributed by atoms with van der Waals surface area (Å²) in [6, 6.07) is 10.6. The summed E-state index contributed by atoms with van der Waals surface area (Å²) in [6.07, 6.45) is 3.00. The van der Waals surface area contributed by atoms with Crippen molar-refractivity contribution in [2.24, 2.45) is 4.99 Å². The SMILES string of the molecule is CC[C@@H]1CSC2=N[C@@H](c3ccccn3)[C@H](c3cc(OC)c(OC(C)C)cc3Br)N21. The van der Waals surface area contributed by atoms with Crippen molar-refractivity contribution in [2.75, 3.05) is 12.9 Å². The summed E-state index contributed by atoms with van der Waals surface area (Å²) in [5.41, 5.74) is 2.14. The molecule has 0 N–H and O–H groups in total. The third-order valence-corrected chi connectivity index (χ3v) is 7.11. The Balaban J connectivity index is 1.81. The lowest BCUT2D eigenvalue weighted by Gasteiger charge is -2.33. The van der Waals surface area contributed by atoms with Gasteiger partial charge in [-0.1, -0.05) is 40.7 Å². The number of pyridine rings is 1. The first-order chi connectivity index (χ1) is 14.0. The van der Waals surface area contributed by atoms with E-state index in [4.69, 9.17) is 14.5 Å². The van der Waals surface area contributed by atoms with Crippen molar-refractivity contribution in [3.8, 4) is 11.5 Å². The number of halogens is 1. The molecule has 0 bridgehead atoms. The summed E-state index contributed by atoms with van der Waals surface area (Å²) >= 11 is 5.66. The van der Waals surface area contributed by atoms with Crippen molar-refractivity contribution in [1.29, 1.82) is 0 Å². The van der Waals surface area contributed by atoms with Gasteiger partial charge < -0.3 is 14.4 Å². The highest BCUT2D eigenvalue weighted by atomic mass is 79.9. The fourth-order valence-electron chi connectivity index (χ4n) is 3.97. The first-order valence-corrected chi connectivity index (χ1v) is 11.7. The molecule has 0 aliphatic carbocycles. The van der Waals surface area contributed by atoms with Crippen LogP contribution in [0.4, 0.5) is 0 Å². The number of thioether (sulfide) groups is 1. The van der Waals surface area contributed by atoms with E-state index in [2.05, 4.69) is 44.9 Å². The van der Waals surface area contributed by atoms with E-state index < -0.39 is 0 Å². The molecule has 0 amide bonds. The maximum Gasteiger partial charge on any atom is 0.162 e. The van der Waals surface area contributed by atoms with Crippen LogP contribution in [0.25, 0.3) is 0 Å². The number of aromatic nitrogens is 1. The van der Waals surface area contributed by atoms with Gasteiger partial charge in [0.2, 0.25) is 0 Å². The zero-order chi connectivity index (χ0) is 20.5. The van der Waals surface area contributed by atoms with E-state index in [1.54, 1.807) is 7.11 Å². The van der Waals surface area contributed by atoms with Gasteiger partial charge in [0.25, 0.3) is 0 Å².